The van der Waals surface area contributed by atoms with Gasteiger partial charge in [0.05, 0.1) is 0 Å². The number of Topliss-reactive ketones (excluding diaryl/α,β-unsaturated/α-hetero) is 1. The molecule has 2 aromatic rings. The van der Waals surface area contributed by atoms with Crippen LogP contribution in [-0.4, -0.2) is 5.78 Å². The standard InChI is InChI=1S/C26H32ClNO/c1-16-11-21(14-22(27)12-16)26(8,25(5,6)7)15-24(19(4)29)20-9-10-23(18(3)28)17(2)13-20/h9-15H,3,28H2,1-2,4-8H3/b24-15+. The highest BCUT2D eigenvalue weighted by atomic mass is 35.5. The summed E-state index contributed by atoms with van der Waals surface area (Å²) < 4.78 is 0. The summed E-state index contributed by atoms with van der Waals surface area (Å²) in [6, 6.07) is 12.0. The summed E-state index contributed by atoms with van der Waals surface area (Å²) in [5.74, 6) is 0.0259. The summed E-state index contributed by atoms with van der Waals surface area (Å²) in [6.45, 7) is 18.2. The number of hydrogen-bond donors (Lipinski definition) is 1. The molecule has 0 saturated carbocycles. The van der Waals surface area contributed by atoms with Crippen molar-refractivity contribution in [1.82, 2.24) is 0 Å². The minimum Gasteiger partial charge on any atom is -0.399 e. The van der Waals surface area contributed by atoms with Crippen LogP contribution in [0.15, 0.2) is 49.1 Å². The molecular formula is C26H32ClNO. The van der Waals surface area contributed by atoms with Gasteiger partial charge in [-0.05, 0) is 66.1 Å². The lowest BCUT2D eigenvalue weighted by molar-refractivity contribution is -0.111. The molecule has 0 aliphatic carbocycles. The number of allylic oxidation sites excluding steroid dienone is 2. The van der Waals surface area contributed by atoms with Crippen molar-refractivity contribution in [2.75, 3.05) is 0 Å². The van der Waals surface area contributed by atoms with Gasteiger partial charge < -0.3 is 5.73 Å². The van der Waals surface area contributed by atoms with Crippen LogP contribution in [0.3, 0.4) is 0 Å². The Bertz CT molecular complexity index is 974. The van der Waals surface area contributed by atoms with E-state index in [1.807, 2.05) is 44.2 Å². The lowest BCUT2D eigenvalue weighted by atomic mass is 9.62. The van der Waals surface area contributed by atoms with Gasteiger partial charge in [-0.3, -0.25) is 4.79 Å². The number of carbonyl (C=O) groups is 1. The summed E-state index contributed by atoms with van der Waals surface area (Å²) in [5.41, 5.74) is 11.5. The van der Waals surface area contributed by atoms with Crippen LogP contribution in [0.4, 0.5) is 0 Å². The van der Waals surface area contributed by atoms with Gasteiger partial charge in [0.2, 0.25) is 0 Å². The highest BCUT2D eigenvalue weighted by Crippen LogP contribution is 2.45. The summed E-state index contributed by atoms with van der Waals surface area (Å²) in [4.78, 5) is 12.7. The normalized spacial score (nSPS) is 14.4. The van der Waals surface area contributed by atoms with E-state index in [4.69, 9.17) is 17.3 Å². The van der Waals surface area contributed by atoms with Crippen molar-refractivity contribution in [3.05, 3.63) is 81.9 Å². The van der Waals surface area contributed by atoms with Gasteiger partial charge >= 0.3 is 0 Å². The van der Waals surface area contributed by atoms with Gasteiger partial charge in [0.1, 0.15) is 0 Å². The molecular weight excluding hydrogens is 378 g/mol. The van der Waals surface area contributed by atoms with Gasteiger partial charge in [-0.25, -0.2) is 0 Å². The van der Waals surface area contributed by atoms with Crippen LogP contribution in [0.1, 0.15) is 62.4 Å². The molecule has 0 spiro atoms. The van der Waals surface area contributed by atoms with Crippen molar-refractivity contribution in [2.45, 2.75) is 53.9 Å². The second kappa shape index (κ2) is 8.20. The van der Waals surface area contributed by atoms with E-state index in [2.05, 4.69) is 46.4 Å². The third-order valence-corrected chi connectivity index (χ3v) is 6.11. The molecule has 0 fully saturated rings. The first-order valence-corrected chi connectivity index (χ1v) is 10.2. The van der Waals surface area contributed by atoms with Crippen LogP contribution in [0.25, 0.3) is 11.3 Å². The average Bonchev–Trinajstić information content (AvgIpc) is 2.56. The summed E-state index contributed by atoms with van der Waals surface area (Å²) in [7, 11) is 0. The third-order valence-electron chi connectivity index (χ3n) is 5.90. The second-order valence-electron chi connectivity index (χ2n) is 9.14. The van der Waals surface area contributed by atoms with Crippen LogP contribution in [0.5, 0.6) is 0 Å². The first-order chi connectivity index (χ1) is 13.3. The molecule has 0 aliphatic rings. The Balaban J connectivity index is 2.76. The Morgan fingerprint density at radius 1 is 1.07 bits per heavy atom. The quantitative estimate of drug-likeness (QED) is 0.548. The third kappa shape index (κ3) is 4.82. The first-order valence-electron chi connectivity index (χ1n) is 9.83. The van der Waals surface area contributed by atoms with Crippen molar-refractivity contribution in [3.63, 3.8) is 0 Å². The van der Waals surface area contributed by atoms with E-state index < -0.39 is 5.41 Å². The van der Waals surface area contributed by atoms with E-state index in [0.717, 1.165) is 27.8 Å². The van der Waals surface area contributed by atoms with Gasteiger partial charge in [0, 0.05) is 21.7 Å². The van der Waals surface area contributed by atoms with Crippen molar-refractivity contribution >= 4 is 28.7 Å². The molecule has 154 valence electrons. The zero-order valence-corrected chi connectivity index (χ0v) is 19.4. The number of carbonyl (C=O) groups excluding carboxylic acids is 1. The molecule has 0 saturated heterocycles. The molecule has 0 aliphatic heterocycles. The van der Waals surface area contributed by atoms with Crippen molar-refractivity contribution in [1.29, 1.82) is 0 Å². The van der Waals surface area contributed by atoms with E-state index in [1.165, 1.54) is 0 Å². The molecule has 2 nitrogen and oxygen atoms in total. The fourth-order valence-electron chi connectivity index (χ4n) is 3.64. The van der Waals surface area contributed by atoms with Crippen molar-refractivity contribution < 1.29 is 4.79 Å². The zero-order valence-electron chi connectivity index (χ0n) is 18.6. The molecule has 2 aromatic carbocycles. The Labute approximate surface area is 180 Å². The predicted molar refractivity (Wildman–Crippen MR) is 126 cm³/mol. The lowest BCUT2D eigenvalue weighted by Gasteiger charge is -2.41. The Kier molecular flexibility index (Phi) is 6.49. The molecule has 3 heteroatoms. The summed E-state index contributed by atoms with van der Waals surface area (Å²) in [6.07, 6.45) is 2.10. The maximum absolute atomic E-state index is 12.7. The molecule has 0 aromatic heterocycles. The number of hydrogen-bond acceptors (Lipinski definition) is 2. The van der Waals surface area contributed by atoms with Gasteiger partial charge in [-0.2, -0.15) is 0 Å². The second-order valence-corrected chi connectivity index (χ2v) is 9.58. The van der Waals surface area contributed by atoms with Gasteiger partial charge in [-0.1, -0.05) is 76.2 Å². The van der Waals surface area contributed by atoms with E-state index >= 15 is 0 Å². The Morgan fingerprint density at radius 3 is 2.14 bits per heavy atom. The highest BCUT2D eigenvalue weighted by molar-refractivity contribution is 6.30. The van der Waals surface area contributed by atoms with Crippen molar-refractivity contribution in [3.8, 4) is 0 Å². The molecule has 0 heterocycles. The Morgan fingerprint density at radius 2 is 1.69 bits per heavy atom. The van der Waals surface area contributed by atoms with Gasteiger partial charge in [0.25, 0.3) is 0 Å². The van der Waals surface area contributed by atoms with Crippen molar-refractivity contribution in [2.24, 2.45) is 11.1 Å². The molecule has 1 unspecified atom stereocenters. The SMILES string of the molecule is C=C(N)c1ccc(/C(=C/C(C)(c2cc(C)cc(Cl)c2)C(C)(C)C)C(C)=O)cc1C. The molecule has 2 rings (SSSR count). The topological polar surface area (TPSA) is 43.1 Å². The van der Waals surface area contributed by atoms with E-state index in [9.17, 15) is 4.79 Å². The predicted octanol–water partition coefficient (Wildman–Crippen LogP) is 6.86. The minimum atomic E-state index is -0.409. The molecule has 1 atom stereocenters. The maximum atomic E-state index is 12.7. The van der Waals surface area contributed by atoms with Gasteiger partial charge in [0.15, 0.2) is 5.78 Å². The van der Waals surface area contributed by atoms with E-state index in [-0.39, 0.29) is 11.2 Å². The van der Waals surface area contributed by atoms with Crippen LogP contribution in [0.2, 0.25) is 5.02 Å². The largest absolute Gasteiger partial charge is 0.399 e. The van der Waals surface area contributed by atoms with Crippen LogP contribution >= 0.6 is 11.6 Å². The number of nitrogens with two attached hydrogens (primary N) is 1. The fraction of sp³-hybridized carbons (Fsp3) is 0.346. The molecule has 0 radical (unpaired) electrons. The molecule has 2 N–H and O–H groups in total. The first kappa shape index (κ1) is 23.0. The van der Waals surface area contributed by atoms with Gasteiger partial charge in [-0.15, -0.1) is 0 Å². The molecule has 0 amide bonds. The van der Waals surface area contributed by atoms with Crippen LogP contribution in [-0.2, 0) is 10.2 Å². The fourth-order valence-corrected chi connectivity index (χ4v) is 3.93. The highest BCUT2D eigenvalue weighted by Gasteiger charge is 2.38. The monoisotopic (exact) mass is 409 g/mol. The summed E-state index contributed by atoms with van der Waals surface area (Å²) in [5, 5.41) is 0.704. The zero-order chi connectivity index (χ0) is 22.1. The van der Waals surface area contributed by atoms with E-state index in [0.29, 0.717) is 16.3 Å². The molecule has 29 heavy (non-hydrogen) atoms. The van der Waals surface area contributed by atoms with Crippen LogP contribution < -0.4 is 5.73 Å². The number of benzene rings is 2. The molecule has 0 bridgehead atoms. The van der Waals surface area contributed by atoms with Crippen LogP contribution in [0, 0.1) is 19.3 Å². The average molecular weight is 410 g/mol. The summed E-state index contributed by atoms with van der Waals surface area (Å²) >= 11 is 6.38. The lowest BCUT2D eigenvalue weighted by Crippen LogP contribution is -2.36. The number of ketones is 1. The maximum Gasteiger partial charge on any atom is 0.160 e. The number of aryl methyl sites for hydroxylation is 2. The smallest absolute Gasteiger partial charge is 0.160 e. The van der Waals surface area contributed by atoms with E-state index in [1.54, 1.807) is 6.92 Å². The number of rotatable bonds is 5. The number of halogens is 1. The minimum absolute atomic E-state index is 0.0259. The Hall–Kier alpha value is -2.32.